The number of carbonyl (C=O) groups is 2. The number of aryl methyl sites for hydroxylation is 1. The molecule has 1 atom stereocenters. The van der Waals surface area contributed by atoms with E-state index >= 15 is 0 Å². The molecule has 0 N–H and O–H groups in total. The standard InChI is InChI=1S/C16H23NO4S/c1-5-11-7-9-22-13(11)14(18)20-12-6-8-17(10-12)15(19)21-16(2,3)4/h7,9,12H,5-6,8,10H2,1-4H3/t12-/m0/s1. The van der Waals surface area contributed by atoms with Gasteiger partial charge in [-0.1, -0.05) is 6.92 Å². The summed E-state index contributed by atoms with van der Waals surface area (Å²) in [6.07, 6.45) is 0.851. The maximum atomic E-state index is 12.2. The minimum absolute atomic E-state index is 0.258. The molecule has 6 heteroatoms. The molecule has 1 aliphatic heterocycles. The van der Waals surface area contributed by atoms with Gasteiger partial charge in [-0.05, 0) is 44.2 Å². The quantitative estimate of drug-likeness (QED) is 0.798. The molecule has 0 bridgehead atoms. The van der Waals surface area contributed by atoms with Crippen LogP contribution >= 0.6 is 11.3 Å². The van der Waals surface area contributed by atoms with Crippen molar-refractivity contribution in [3.05, 3.63) is 21.9 Å². The molecule has 1 aromatic heterocycles. The Hall–Kier alpha value is -1.56. The lowest BCUT2D eigenvalue weighted by molar-refractivity contribution is 0.0193. The van der Waals surface area contributed by atoms with Crippen LogP contribution in [0.3, 0.4) is 0 Å². The molecule has 2 heterocycles. The van der Waals surface area contributed by atoms with Gasteiger partial charge in [0.1, 0.15) is 16.6 Å². The molecule has 2 rings (SSSR count). The van der Waals surface area contributed by atoms with Gasteiger partial charge in [0.05, 0.1) is 6.54 Å². The van der Waals surface area contributed by atoms with Crippen LogP contribution < -0.4 is 0 Å². The fourth-order valence-corrected chi connectivity index (χ4v) is 3.19. The summed E-state index contributed by atoms with van der Waals surface area (Å²) in [4.78, 5) is 26.4. The summed E-state index contributed by atoms with van der Waals surface area (Å²) in [6, 6.07) is 1.95. The van der Waals surface area contributed by atoms with Crippen LogP contribution in [0.25, 0.3) is 0 Å². The number of esters is 1. The van der Waals surface area contributed by atoms with E-state index in [2.05, 4.69) is 0 Å². The highest BCUT2D eigenvalue weighted by Gasteiger charge is 2.32. The maximum Gasteiger partial charge on any atom is 0.410 e. The van der Waals surface area contributed by atoms with E-state index < -0.39 is 5.60 Å². The summed E-state index contributed by atoms with van der Waals surface area (Å²) >= 11 is 1.40. The van der Waals surface area contributed by atoms with Gasteiger partial charge in [-0.15, -0.1) is 11.3 Å². The lowest BCUT2D eigenvalue weighted by atomic mass is 10.2. The highest BCUT2D eigenvalue weighted by atomic mass is 32.1. The van der Waals surface area contributed by atoms with Crippen LogP contribution in [-0.2, 0) is 15.9 Å². The first-order valence-electron chi connectivity index (χ1n) is 7.55. The SMILES string of the molecule is CCc1ccsc1C(=O)O[C@H]1CCN(C(=O)OC(C)(C)C)C1. The second kappa shape index (κ2) is 6.69. The maximum absolute atomic E-state index is 12.2. The second-order valence-electron chi connectivity index (χ2n) is 6.37. The number of carbonyl (C=O) groups excluding carboxylic acids is 2. The summed E-state index contributed by atoms with van der Waals surface area (Å²) in [5.74, 6) is -0.289. The van der Waals surface area contributed by atoms with Gasteiger partial charge < -0.3 is 14.4 Å². The predicted molar refractivity (Wildman–Crippen MR) is 85.3 cm³/mol. The van der Waals surface area contributed by atoms with E-state index in [1.807, 2.05) is 39.1 Å². The molecule has 1 aliphatic rings. The van der Waals surface area contributed by atoms with Crippen molar-refractivity contribution in [2.45, 2.75) is 52.2 Å². The molecule has 0 aromatic carbocycles. The average Bonchev–Trinajstić information content (AvgIpc) is 3.04. The van der Waals surface area contributed by atoms with E-state index in [9.17, 15) is 9.59 Å². The van der Waals surface area contributed by atoms with Crippen molar-refractivity contribution >= 4 is 23.4 Å². The van der Waals surface area contributed by atoms with Gasteiger partial charge in [0.15, 0.2) is 0 Å². The molecule has 0 aliphatic carbocycles. The van der Waals surface area contributed by atoms with Crippen molar-refractivity contribution in [3.63, 3.8) is 0 Å². The number of hydrogen-bond donors (Lipinski definition) is 0. The fourth-order valence-electron chi connectivity index (χ4n) is 2.31. The number of thiophene rings is 1. The molecule has 5 nitrogen and oxygen atoms in total. The average molecular weight is 325 g/mol. The number of nitrogens with zero attached hydrogens (tertiary/aromatic N) is 1. The van der Waals surface area contributed by atoms with Crippen LogP contribution in [0.5, 0.6) is 0 Å². The van der Waals surface area contributed by atoms with Crippen LogP contribution in [0.4, 0.5) is 4.79 Å². The summed E-state index contributed by atoms with van der Waals surface area (Å²) in [7, 11) is 0. The molecule has 122 valence electrons. The second-order valence-corrected chi connectivity index (χ2v) is 7.29. The number of rotatable bonds is 3. The highest BCUT2D eigenvalue weighted by molar-refractivity contribution is 7.12. The van der Waals surface area contributed by atoms with Gasteiger partial charge in [0.2, 0.25) is 0 Å². The molecule has 1 fully saturated rings. The van der Waals surface area contributed by atoms with Gasteiger partial charge in [0.25, 0.3) is 0 Å². The summed E-state index contributed by atoms with van der Waals surface area (Å²) in [5.41, 5.74) is 0.496. The topological polar surface area (TPSA) is 55.8 Å². The van der Waals surface area contributed by atoms with Crippen LogP contribution in [0.2, 0.25) is 0 Å². The van der Waals surface area contributed by atoms with Crippen molar-refractivity contribution < 1.29 is 19.1 Å². The summed E-state index contributed by atoms with van der Waals surface area (Å²) in [6.45, 7) is 8.47. The van der Waals surface area contributed by atoms with Crippen molar-refractivity contribution in [2.75, 3.05) is 13.1 Å². The smallest absolute Gasteiger partial charge is 0.410 e. The largest absolute Gasteiger partial charge is 0.456 e. The monoisotopic (exact) mass is 325 g/mol. The van der Waals surface area contributed by atoms with Crippen LogP contribution in [0, 0.1) is 0 Å². The minimum Gasteiger partial charge on any atom is -0.456 e. The fraction of sp³-hybridized carbons (Fsp3) is 0.625. The molecule has 0 spiro atoms. The summed E-state index contributed by atoms with van der Waals surface area (Å²) < 4.78 is 10.9. The van der Waals surface area contributed by atoms with E-state index in [1.54, 1.807) is 4.90 Å². The molecule has 1 saturated heterocycles. The van der Waals surface area contributed by atoms with Crippen LogP contribution in [0.15, 0.2) is 11.4 Å². The highest BCUT2D eigenvalue weighted by Crippen LogP contribution is 2.22. The van der Waals surface area contributed by atoms with Gasteiger partial charge in [-0.25, -0.2) is 9.59 Å². The molecule has 22 heavy (non-hydrogen) atoms. The molecular formula is C16H23NO4S. The van der Waals surface area contributed by atoms with E-state index in [-0.39, 0.29) is 18.2 Å². The third kappa shape index (κ3) is 4.22. The lowest BCUT2D eigenvalue weighted by Gasteiger charge is -2.24. The molecule has 1 amide bonds. The Labute approximate surface area is 135 Å². The van der Waals surface area contributed by atoms with Gasteiger partial charge >= 0.3 is 12.1 Å². The van der Waals surface area contributed by atoms with E-state index in [1.165, 1.54) is 11.3 Å². The van der Waals surface area contributed by atoms with Gasteiger partial charge in [-0.3, -0.25) is 0 Å². The minimum atomic E-state index is -0.515. The number of ether oxygens (including phenoxy) is 2. The zero-order valence-corrected chi connectivity index (χ0v) is 14.4. The van der Waals surface area contributed by atoms with Gasteiger partial charge in [-0.2, -0.15) is 0 Å². The first-order valence-corrected chi connectivity index (χ1v) is 8.43. The Bertz CT molecular complexity index is 547. The third-order valence-corrected chi connectivity index (χ3v) is 4.32. The molecule has 0 radical (unpaired) electrons. The first-order chi connectivity index (χ1) is 10.3. The Morgan fingerprint density at radius 3 is 2.77 bits per heavy atom. The molecular weight excluding hydrogens is 302 g/mol. The van der Waals surface area contributed by atoms with E-state index in [0.717, 1.165) is 12.0 Å². The van der Waals surface area contributed by atoms with Crippen molar-refractivity contribution in [2.24, 2.45) is 0 Å². The van der Waals surface area contributed by atoms with E-state index in [4.69, 9.17) is 9.47 Å². The number of amides is 1. The van der Waals surface area contributed by atoms with Crippen LogP contribution in [0.1, 0.15) is 49.4 Å². The summed E-state index contributed by atoms with van der Waals surface area (Å²) in [5, 5.41) is 1.90. The Morgan fingerprint density at radius 1 is 1.41 bits per heavy atom. The normalized spacial score (nSPS) is 18.4. The number of likely N-dealkylation sites (tertiary alicyclic amines) is 1. The lowest BCUT2D eigenvalue weighted by Crippen LogP contribution is -2.36. The molecule has 1 aromatic rings. The molecule has 0 saturated carbocycles. The Morgan fingerprint density at radius 2 is 2.14 bits per heavy atom. The predicted octanol–water partition coefficient (Wildman–Crippen LogP) is 3.48. The van der Waals surface area contributed by atoms with Gasteiger partial charge in [0, 0.05) is 13.0 Å². The number of hydrogen-bond acceptors (Lipinski definition) is 5. The van der Waals surface area contributed by atoms with E-state index in [0.29, 0.717) is 24.4 Å². The van der Waals surface area contributed by atoms with Crippen LogP contribution in [-0.4, -0.2) is 41.8 Å². The zero-order chi connectivity index (χ0) is 16.3. The Balaban J connectivity index is 1.89. The zero-order valence-electron chi connectivity index (χ0n) is 13.5. The van der Waals surface area contributed by atoms with Crippen molar-refractivity contribution in [1.82, 2.24) is 4.90 Å². The van der Waals surface area contributed by atoms with Crippen molar-refractivity contribution in [3.8, 4) is 0 Å². The first kappa shape index (κ1) is 16.8. The third-order valence-electron chi connectivity index (χ3n) is 3.38. The Kier molecular flexibility index (Phi) is 5.11. The molecule has 0 unspecified atom stereocenters. The van der Waals surface area contributed by atoms with Crippen molar-refractivity contribution in [1.29, 1.82) is 0 Å².